The summed E-state index contributed by atoms with van der Waals surface area (Å²) < 4.78 is 6.81. The van der Waals surface area contributed by atoms with Gasteiger partial charge in [0.1, 0.15) is 12.2 Å². The maximum Gasteiger partial charge on any atom is 0.330 e. The van der Waals surface area contributed by atoms with Crippen LogP contribution in [0, 0.1) is 0 Å². The summed E-state index contributed by atoms with van der Waals surface area (Å²) in [7, 11) is 0. The summed E-state index contributed by atoms with van der Waals surface area (Å²) in [5.74, 6) is 0. The van der Waals surface area contributed by atoms with E-state index in [0.717, 1.165) is 5.56 Å². The summed E-state index contributed by atoms with van der Waals surface area (Å²) in [4.78, 5) is 25.4. The van der Waals surface area contributed by atoms with Crippen LogP contribution in [0.2, 0.25) is 0 Å². The fourth-order valence-electron chi connectivity index (χ4n) is 2.81. The molecule has 8 nitrogen and oxygen atoms in total. The molecule has 8 heteroatoms. The highest BCUT2D eigenvalue weighted by molar-refractivity contribution is 5.14. The number of nitrogens with one attached hydrogen (secondary N) is 2. The number of benzene rings is 1. The minimum absolute atomic E-state index is 0.376. The molecule has 1 aromatic carbocycles. The van der Waals surface area contributed by atoms with Crippen LogP contribution < -0.4 is 16.6 Å². The number of ether oxygens (including phenoxy) is 1. The summed E-state index contributed by atoms with van der Waals surface area (Å²) in [6.45, 7) is 0.0813. The molecule has 1 aromatic heterocycles. The van der Waals surface area contributed by atoms with E-state index >= 15 is 0 Å². The standard InChI is InChI=1S/C16H19N3O5/c20-9-11-14(22)13(17-8-10-4-2-1-3-5-10)15(24-11)19-7-6-12(21)18-16(19)23/h1-7,11,13-15,17,20,22H,8-9H2,(H,18,21,23)/t11-,13-,14+,15-/m1/s1. The van der Waals surface area contributed by atoms with Gasteiger partial charge >= 0.3 is 5.69 Å². The molecule has 0 spiro atoms. The molecule has 4 N–H and O–H groups in total. The average molecular weight is 333 g/mol. The van der Waals surface area contributed by atoms with Gasteiger partial charge in [-0.05, 0) is 5.56 Å². The summed E-state index contributed by atoms with van der Waals surface area (Å²) >= 11 is 0. The zero-order valence-corrected chi connectivity index (χ0v) is 12.8. The van der Waals surface area contributed by atoms with Crippen LogP contribution >= 0.6 is 0 Å². The van der Waals surface area contributed by atoms with Crippen molar-refractivity contribution in [3.05, 3.63) is 69.0 Å². The van der Waals surface area contributed by atoms with Crippen molar-refractivity contribution in [2.75, 3.05) is 6.61 Å². The second-order valence-corrected chi connectivity index (χ2v) is 5.65. The van der Waals surface area contributed by atoms with E-state index in [0.29, 0.717) is 6.54 Å². The van der Waals surface area contributed by atoms with Crippen molar-refractivity contribution in [3.8, 4) is 0 Å². The quantitative estimate of drug-likeness (QED) is 0.555. The van der Waals surface area contributed by atoms with E-state index < -0.39 is 35.7 Å². The highest BCUT2D eigenvalue weighted by Gasteiger charge is 2.44. The van der Waals surface area contributed by atoms with E-state index in [1.807, 2.05) is 30.3 Å². The molecular weight excluding hydrogens is 314 g/mol. The zero-order chi connectivity index (χ0) is 17.1. The van der Waals surface area contributed by atoms with E-state index in [4.69, 9.17) is 4.74 Å². The van der Waals surface area contributed by atoms with Crippen molar-refractivity contribution in [2.45, 2.75) is 31.0 Å². The number of H-pyrrole nitrogens is 1. The number of rotatable bonds is 5. The van der Waals surface area contributed by atoms with E-state index in [1.165, 1.54) is 16.8 Å². The molecule has 24 heavy (non-hydrogen) atoms. The normalized spacial score (nSPS) is 26.6. The van der Waals surface area contributed by atoms with Gasteiger partial charge in [-0.3, -0.25) is 14.3 Å². The molecule has 1 aliphatic rings. The van der Waals surface area contributed by atoms with E-state index in [1.54, 1.807) is 0 Å². The van der Waals surface area contributed by atoms with Gasteiger partial charge < -0.3 is 20.3 Å². The molecule has 3 rings (SSSR count). The maximum absolute atomic E-state index is 12.0. The van der Waals surface area contributed by atoms with Gasteiger partial charge in [-0.2, -0.15) is 0 Å². The molecule has 0 bridgehead atoms. The Bertz CT molecular complexity index is 788. The van der Waals surface area contributed by atoms with Crippen LogP contribution in [0.4, 0.5) is 0 Å². The van der Waals surface area contributed by atoms with Crippen molar-refractivity contribution in [2.24, 2.45) is 0 Å². The van der Waals surface area contributed by atoms with Gasteiger partial charge in [0.05, 0.1) is 12.6 Å². The first kappa shape index (κ1) is 16.6. The molecule has 128 valence electrons. The molecule has 0 aliphatic carbocycles. The molecule has 1 saturated heterocycles. The lowest BCUT2D eigenvalue weighted by Crippen LogP contribution is -2.46. The van der Waals surface area contributed by atoms with Gasteiger partial charge in [0.2, 0.25) is 0 Å². The largest absolute Gasteiger partial charge is 0.394 e. The van der Waals surface area contributed by atoms with Gasteiger partial charge in [-0.1, -0.05) is 30.3 Å². The molecule has 1 aliphatic heterocycles. The monoisotopic (exact) mass is 333 g/mol. The third-order valence-corrected chi connectivity index (χ3v) is 4.06. The number of aromatic nitrogens is 2. The van der Waals surface area contributed by atoms with Crippen LogP contribution in [0.15, 0.2) is 52.2 Å². The van der Waals surface area contributed by atoms with E-state index in [2.05, 4.69) is 10.3 Å². The fourth-order valence-corrected chi connectivity index (χ4v) is 2.81. The molecule has 2 heterocycles. The van der Waals surface area contributed by atoms with Crippen LogP contribution in [-0.2, 0) is 11.3 Å². The Morgan fingerprint density at radius 1 is 1.21 bits per heavy atom. The van der Waals surface area contributed by atoms with Gasteiger partial charge in [0, 0.05) is 18.8 Å². The minimum Gasteiger partial charge on any atom is -0.394 e. The molecule has 2 aromatic rings. The van der Waals surface area contributed by atoms with Crippen molar-refractivity contribution in [3.63, 3.8) is 0 Å². The molecule has 0 unspecified atom stereocenters. The van der Waals surface area contributed by atoms with Gasteiger partial charge in [-0.15, -0.1) is 0 Å². The van der Waals surface area contributed by atoms with Crippen molar-refractivity contribution in [1.82, 2.24) is 14.9 Å². The van der Waals surface area contributed by atoms with Crippen molar-refractivity contribution < 1.29 is 14.9 Å². The highest BCUT2D eigenvalue weighted by Crippen LogP contribution is 2.28. The Kier molecular flexibility index (Phi) is 4.91. The second kappa shape index (κ2) is 7.10. The van der Waals surface area contributed by atoms with Crippen LogP contribution in [0.1, 0.15) is 11.8 Å². The first-order valence-electron chi connectivity index (χ1n) is 7.63. The fraction of sp³-hybridized carbons (Fsp3) is 0.375. The topological polar surface area (TPSA) is 117 Å². The van der Waals surface area contributed by atoms with Crippen molar-refractivity contribution in [1.29, 1.82) is 0 Å². The number of hydrogen-bond donors (Lipinski definition) is 4. The van der Waals surface area contributed by atoms with Crippen LogP contribution in [0.3, 0.4) is 0 Å². The van der Waals surface area contributed by atoms with E-state index in [-0.39, 0.29) is 6.61 Å². The Morgan fingerprint density at radius 3 is 2.62 bits per heavy atom. The lowest BCUT2D eigenvalue weighted by Gasteiger charge is -2.23. The summed E-state index contributed by atoms with van der Waals surface area (Å²) in [6.07, 6.45) is -1.34. The van der Waals surface area contributed by atoms with Crippen LogP contribution in [0.5, 0.6) is 0 Å². The first-order valence-corrected chi connectivity index (χ1v) is 7.63. The molecule has 0 saturated carbocycles. The highest BCUT2D eigenvalue weighted by atomic mass is 16.5. The number of hydrogen-bond acceptors (Lipinski definition) is 6. The molecule has 4 atom stereocenters. The van der Waals surface area contributed by atoms with Crippen LogP contribution in [-0.4, -0.2) is 44.6 Å². The van der Waals surface area contributed by atoms with Crippen LogP contribution in [0.25, 0.3) is 0 Å². The Hall–Kier alpha value is -2.26. The number of aromatic amines is 1. The summed E-state index contributed by atoms with van der Waals surface area (Å²) in [5.41, 5.74) is -0.142. The minimum atomic E-state index is -0.998. The maximum atomic E-state index is 12.0. The Morgan fingerprint density at radius 2 is 1.96 bits per heavy atom. The summed E-state index contributed by atoms with van der Waals surface area (Å²) in [5, 5.41) is 22.9. The Balaban J connectivity index is 1.85. The molecule has 0 amide bonds. The second-order valence-electron chi connectivity index (χ2n) is 5.65. The predicted octanol–water partition coefficient (Wildman–Crippen LogP) is -1.05. The average Bonchev–Trinajstić information content (AvgIpc) is 2.90. The van der Waals surface area contributed by atoms with Gasteiger partial charge in [0.15, 0.2) is 6.23 Å². The Labute approximate surface area is 137 Å². The van der Waals surface area contributed by atoms with Gasteiger partial charge in [0.25, 0.3) is 5.56 Å². The number of aliphatic hydroxyl groups is 2. The molecule has 1 fully saturated rings. The lowest BCUT2D eigenvalue weighted by atomic mass is 10.1. The van der Waals surface area contributed by atoms with E-state index in [9.17, 15) is 19.8 Å². The number of aliphatic hydroxyl groups excluding tert-OH is 2. The van der Waals surface area contributed by atoms with Gasteiger partial charge in [-0.25, -0.2) is 4.79 Å². The third kappa shape index (κ3) is 3.31. The third-order valence-electron chi connectivity index (χ3n) is 4.06. The predicted molar refractivity (Wildman–Crippen MR) is 85.4 cm³/mol. The molecule has 0 radical (unpaired) electrons. The number of nitrogens with zero attached hydrogens (tertiary/aromatic N) is 1. The summed E-state index contributed by atoms with van der Waals surface area (Å²) in [6, 6.07) is 10.2. The first-order chi connectivity index (χ1) is 11.6. The lowest BCUT2D eigenvalue weighted by molar-refractivity contribution is -0.0470. The smallest absolute Gasteiger partial charge is 0.330 e. The molecular formula is C16H19N3O5. The van der Waals surface area contributed by atoms with Crippen molar-refractivity contribution >= 4 is 0 Å². The SMILES string of the molecule is O=c1ccn([C@@H]2O[C@H](CO)[C@H](O)[C@H]2NCc2ccccc2)c(=O)[nH]1. The zero-order valence-electron chi connectivity index (χ0n) is 12.8.